The van der Waals surface area contributed by atoms with Gasteiger partial charge in [0.2, 0.25) is 0 Å². The second-order valence-electron chi connectivity index (χ2n) is 4.15. The van der Waals surface area contributed by atoms with Crippen LogP contribution in [0.2, 0.25) is 0 Å². The average molecular weight is 216 g/mol. The molecule has 2 N–H and O–H groups in total. The fourth-order valence-corrected chi connectivity index (χ4v) is 2.02. The van der Waals surface area contributed by atoms with E-state index in [1.165, 1.54) is 18.4 Å². The standard InChI is InChI=1S/C14H20N2/c1-2-4-13(5-3-10-15)14-8-6-12(11-16)7-9-14/h6-9,13H,2-5,10,15H2,1H3. The molecule has 2 heteroatoms. The molecule has 1 aromatic rings. The van der Waals surface area contributed by atoms with Gasteiger partial charge in [-0.3, -0.25) is 0 Å². The molecule has 0 aliphatic heterocycles. The molecule has 0 bridgehead atoms. The molecule has 0 saturated heterocycles. The van der Waals surface area contributed by atoms with Crippen LogP contribution in [-0.4, -0.2) is 6.54 Å². The maximum absolute atomic E-state index is 8.75. The first-order valence-corrected chi connectivity index (χ1v) is 6.02. The van der Waals surface area contributed by atoms with Crippen LogP contribution in [0.5, 0.6) is 0 Å². The number of hydrogen-bond acceptors (Lipinski definition) is 2. The lowest BCUT2D eigenvalue weighted by atomic mass is 9.90. The van der Waals surface area contributed by atoms with Gasteiger partial charge in [0.15, 0.2) is 0 Å². The van der Waals surface area contributed by atoms with E-state index in [4.69, 9.17) is 11.0 Å². The Labute approximate surface area is 98.1 Å². The van der Waals surface area contributed by atoms with E-state index in [0.29, 0.717) is 5.92 Å². The van der Waals surface area contributed by atoms with E-state index in [0.717, 1.165) is 24.9 Å². The molecular weight excluding hydrogens is 196 g/mol. The van der Waals surface area contributed by atoms with Gasteiger partial charge < -0.3 is 5.73 Å². The third-order valence-corrected chi connectivity index (χ3v) is 2.91. The predicted octanol–water partition coefficient (Wildman–Crippen LogP) is 3.18. The number of nitrogens with zero attached hydrogens (tertiary/aromatic N) is 1. The highest BCUT2D eigenvalue weighted by atomic mass is 14.5. The summed E-state index contributed by atoms with van der Waals surface area (Å²) in [6, 6.07) is 10.1. The summed E-state index contributed by atoms with van der Waals surface area (Å²) in [4.78, 5) is 0. The van der Waals surface area contributed by atoms with Crippen molar-refractivity contribution < 1.29 is 0 Å². The highest BCUT2D eigenvalue weighted by Crippen LogP contribution is 2.26. The van der Waals surface area contributed by atoms with Crippen LogP contribution in [-0.2, 0) is 0 Å². The summed E-state index contributed by atoms with van der Waals surface area (Å²) >= 11 is 0. The molecule has 0 heterocycles. The van der Waals surface area contributed by atoms with Crippen molar-refractivity contribution in [2.75, 3.05) is 6.54 Å². The Balaban J connectivity index is 2.72. The topological polar surface area (TPSA) is 49.8 Å². The second-order valence-corrected chi connectivity index (χ2v) is 4.15. The van der Waals surface area contributed by atoms with Crippen molar-refractivity contribution in [3.63, 3.8) is 0 Å². The molecule has 2 nitrogen and oxygen atoms in total. The summed E-state index contributed by atoms with van der Waals surface area (Å²) < 4.78 is 0. The van der Waals surface area contributed by atoms with Gasteiger partial charge in [-0.25, -0.2) is 0 Å². The summed E-state index contributed by atoms with van der Waals surface area (Å²) in [6.45, 7) is 2.97. The SMILES string of the molecule is CCCC(CCCN)c1ccc(C#N)cc1. The summed E-state index contributed by atoms with van der Waals surface area (Å²) in [6.07, 6.45) is 4.61. The van der Waals surface area contributed by atoms with E-state index in [2.05, 4.69) is 25.1 Å². The second kappa shape index (κ2) is 7.03. The van der Waals surface area contributed by atoms with Gasteiger partial charge in [-0.05, 0) is 49.4 Å². The molecule has 1 atom stereocenters. The molecule has 0 radical (unpaired) electrons. The number of rotatable bonds is 6. The molecule has 86 valence electrons. The van der Waals surface area contributed by atoms with Gasteiger partial charge in [0.25, 0.3) is 0 Å². The van der Waals surface area contributed by atoms with E-state index < -0.39 is 0 Å². The molecule has 0 aliphatic carbocycles. The molecule has 0 fully saturated rings. The van der Waals surface area contributed by atoms with Crippen molar-refractivity contribution in [3.05, 3.63) is 35.4 Å². The van der Waals surface area contributed by atoms with Crippen molar-refractivity contribution in [2.45, 2.75) is 38.5 Å². The first kappa shape index (κ1) is 12.7. The van der Waals surface area contributed by atoms with Crippen LogP contribution in [0.25, 0.3) is 0 Å². The minimum absolute atomic E-state index is 0.598. The third-order valence-electron chi connectivity index (χ3n) is 2.91. The summed E-state index contributed by atoms with van der Waals surface area (Å²) in [5.74, 6) is 0.598. The Hall–Kier alpha value is -1.33. The maximum Gasteiger partial charge on any atom is 0.0991 e. The minimum atomic E-state index is 0.598. The van der Waals surface area contributed by atoms with Gasteiger partial charge >= 0.3 is 0 Å². The van der Waals surface area contributed by atoms with Crippen molar-refractivity contribution >= 4 is 0 Å². The van der Waals surface area contributed by atoms with Crippen LogP contribution in [0.1, 0.15) is 49.7 Å². The van der Waals surface area contributed by atoms with Gasteiger partial charge in [-0.15, -0.1) is 0 Å². The summed E-state index contributed by atoms with van der Waals surface area (Å²) in [5.41, 5.74) is 7.63. The van der Waals surface area contributed by atoms with Crippen LogP contribution in [0, 0.1) is 11.3 Å². The lowest BCUT2D eigenvalue weighted by Crippen LogP contribution is -2.04. The quantitative estimate of drug-likeness (QED) is 0.794. The van der Waals surface area contributed by atoms with E-state index >= 15 is 0 Å². The smallest absolute Gasteiger partial charge is 0.0991 e. The van der Waals surface area contributed by atoms with Crippen LogP contribution in [0.4, 0.5) is 0 Å². The van der Waals surface area contributed by atoms with E-state index in [1.807, 2.05) is 12.1 Å². The van der Waals surface area contributed by atoms with E-state index in [-0.39, 0.29) is 0 Å². The third kappa shape index (κ3) is 3.67. The van der Waals surface area contributed by atoms with Crippen molar-refractivity contribution in [1.82, 2.24) is 0 Å². The predicted molar refractivity (Wildman–Crippen MR) is 67.1 cm³/mol. The van der Waals surface area contributed by atoms with E-state index in [9.17, 15) is 0 Å². The van der Waals surface area contributed by atoms with Crippen LogP contribution < -0.4 is 5.73 Å². The molecule has 1 unspecified atom stereocenters. The first-order chi connectivity index (χ1) is 7.81. The molecule has 0 saturated carbocycles. The van der Waals surface area contributed by atoms with Gasteiger partial charge in [0, 0.05) is 0 Å². The Kier molecular flexibility index (Phi) is 5.60. The fourth-order valence-electron chi connectivity index (χ4n) is 2.02. The highest BCUT2D eigenvalue weighted by molar-refractivity contribution is 5.33. The van der Waals surface area contributed by atoms with Gasteiger partial charge in [-0.2, -0.15) is 5.26 Å². The largest absolute Gasteiger partial charge is 0.330 e. The lowest BCUT2D eigenvalue weighted by Gasteiger charge is -2.16. The molecule has 0 aromatic heterocycles. The number of hydrogen-bond donors (Lipinski definition) is 1. The van der Waals surface area contributed by atoms with Gasteiger partial charge in [-0.1, -0.05) is 25.5 Å². The molecule has 0 spiro atoms. The highest BCUT2D eigenvalue weighted by Gasteiger charge is 2.09. The first-order valence-electron chi connectivity index (χ1n) is 6.02. The number of nitrogens with two attached hydrogens (primary N) is 1. The molecule has 0 aliphatic rings. The Morgan fingerprint density at radius 1 is 1.25 bits per heavy atom. The molecule has 16 heavy (non-hydrogen) atoms. The number of nitriles is 1. The van der Waals surface area contributed by atoms with Crippen molar-refractivity contribution in [3.8, 4) is 6.07 Å². The minimum Gasteiger partial charge on any atom is -0.330 e. The Morgan fingerprint density at radius 2 is 1.94 bits per heavy atom. The Bertz CT molecular complexity index is 335. The van der Waals surface area contributed by atoms with Crippen LogP contribution in [0.3, 0.4) is 0 Å². The van der Waals surface area contributed by atoms with Crippen LogP contribution in [0.15, 0.2) is 24.3 Å². The summed E-state index contributed by atoms with van der Waals surface area (Å²) in [5, 5.41) is 8.75. The van der Waals surface area contributed by atoms with Gasteiger partial charge in [0.05, 0.1) is 11.6 Å². The normalized spacial score (nSPS) is 12.1. The van der Waals surface area contributed by atoms with Crippen LogP contribution >= 0.6 is 0 Å². The zero-order valence-corrected chi connectivity index (χ0v) is 9.95. The monoisotopic (exact) mass is 216 g/mol. The lowest BCUT2D eigenvalue weighted by molar-refractivity contribution is 0.550. The summed E-state index contributed by atoms with van der Waals surface area (Å²) in [7, 11) is 0. The number of benzene rings is 1. The van der Waals surface area contributed by atoms with Crippen molar-refractivity contribution in [2.24, 2.45) is 5.73 Å². The fraction of sp³-hybridized carbons (Fsp3) is 0.500. The van der Waals surface area contributed by atoms with E-state index in [1.54, 1.807) is 0 Å². The maximum atomic E-state index is 8.75. The molecule has 1 rings (SSSR count). The molecular formula is C14H20N2. The average Bonchev–Trinajstić information content (AvgIpc) is 2.35. The zero-order chi connectivity index (χ0) is 11.8. The zero-order valence-electron chi connectivity index (χ0n) is 9.95. The van der Waals surface area contributed by atoms with Crippen molar-refractivity contribution in [1.29, 1.82) is 5.26 Å². The van der Waals surface area contributed by atoms with Gasteiger partial charge in [0.1, 0.15) is 0 Å². The molecule has 1 aromatic carbocycles. The molecule has 0 amide bonds. The Morgan fingerprint density at radius 3 is 2.44 bits per heavy atom.